The molecule has 0 spiro atoms. The topological polar surface area (TPSA) is 106 Å². The number of aromatic hydroxyl groups is 1. The first-order chi connectivity index (χ1) is 11.6. The Bertz CT molecular complexity index is 759. The molecular weight excluding hydrogens is 310 g/mol. The van der Waals surface area contributed by atoms with Crippen LogP contribution in [-0.2, 0) is 11.2 Å². The predicted molar refractivity (Wildman–Crippen MR) is 88.1 cm³/mol. The van der Waals surface area contributed by atoms with Gasteiger partial charge in [0, 0.05) is 0 Å². The number of nitrogens with zero attached hydrogens (tertiary/aromatic N) is 1. The van der Waals surface area contributed by atoms with Gasteiger partial charge in [-0.1, -0.05) is 12.1 Å². The van der Waals surface area contributed by atoms with Crippen LogP contribution in [0.3, 0.4) is 0 Å². The van der Waals surface area contributed by atoms with E-state index in [1.807, 2.05) is 0 Å². The van der Waals surface area contributed by atoms with Crippen LogP contribution in [0, 0.1) is 0 Å². The number of benzene rings is 2. The van der Waals surface area contributed by atoms with Crippen LogP contribution in [0.2, 0.25) is 0 Å². The van der Waals surface area contributed by atoms with Gasteiger partial charge in [-0.3, -0.25) is 4.79 Å². The van der Waals surface area contributed by atoms with E-state index in [0.717, 1.165) is 11.1 Å². The van der Waals surface area contributed by atoms with Gasteiger partial charge in [-0.25, -0.2) is 5.43 Å². The molecule has 0 bridgehead atoms. The van der Waals surface area contributed by atoms with Gasteiger partial charge in [-0.15, -0.1) is 0 Å². The number of nitrogens with one attached hydrogen (secondary N) is 1. The lowest BCUT2D eigenvalue weighted by atomic mass is 10.1. The molecule has 0 radical (unpaired) electrons. The summed E-state index contributed by atoms with van der Waals surface area (Å²) in [4.78, 5) is 11.9. The third-order valence-corrected chi connectivity index (χ3v) is 3.51. The number of ether oxygens (including phenoxy) is 2. The lowest BCUT2D eigenvalue weighted by molar-refractivity contribution is -0.122. The average Bonchev–Trinajstić information content (AvgIpc) is 3.04. The Morgan fingerprint density at radius 3 is 2.79 bits per heavy atom. The third kappa shape index (κ3) is 3.82. The molecule has 1 aliphatic rings. The number of rotatable bonds is 5. The predicted octanol–water partition coefficient (Wildman–Crippen LogP) is 1.14. The Morgan fingerprint density at radius 1 is 1.25 bits per heavy atom. The summed E-state index contributed by atoms with van der Waals surface area (Å²) in [6, 6.07) is 11.2. The minimum absolute atomic E-state index is 0.171. The summed E-state index contributed by atoms with van der Waals surface area (Å²) in [6.45, 7) is 0.207. The van der Waals surface area contributed by atoms with Crippen molar-refractivity contribution in [2.75, 3.05) is 6.79 Å². The molecule has 124 valence electrons. The van der Waals surface area contributed by atoms with E-state index in [1.54, 1.807) is 42.5 Å². The summed E-state index contributed by atoms with van der Waals surface area (Å²) in [5.41, 5.74) is 9.90. The van der Waals surface area contributed by atoms with E-state index in [9.17, 15) is 9.90 Å². The highest BCUT2D eigenvalue weighted by Crippen LogP contribution is 2.31. The standard InChI is InChI=1S/C17H17N3O4/c18-14(7-11-1-4-13(21)5-2-11)17(22)20-19-9-12-3-6-15-16(8-12)24-10-23-15/h1-6,8-9,14,21H,7,10,18H2,(H,20,22)/b19-9+/t14-/m0/s1. The van der Waals surface area contributed by atoms with Crippen LogP contribution >= 0.6 is 0 Å². The zero-order chi connectivity index (χ0) is 16.9. The summed E-state index contributed by atoms with van der Waals surface area (Å²) in [7, 11) is 0. The van der Waals surface area contributed by atoms with Crippen LogP contribution in [0.25, 0.3) is 0 Å². The molecule has 3 rings (SSSR count). The number of phenolic OH excluding ortho intramolecular Hbond substituents is 1. The number of amides is 1. The summed E-state index contributed by atoms with van der Waals surface area (Å²) >= 11 is 0. The molecule has 4 N–H and O–H groups in total. The number of nitrogens with two attached hydrogens (primary N) is 1. The molecule has 0 saturated carbocycles. The first kappa shape index (κ1) is 15.8. The highest BCUT2D eigenvalue weighted by Gasteiger charge is 2.14. The van der Waals surface area contributed by atoms with Crippen molar-refractivity contribution in [2.45, 2.75) is 12.5 Å². The smallest absolute Gasteiger partial charge is 0.257 e. The van der Waals surface area contributed by atoms with E-state index in [1.165, 1.54) is 6.21 Å². The first-order valence-corrected chi connectivity index (χ1v) is 7.38. The Hall–Kier alpha value is -3.06. The first-order valence-electron chi connectivity index (χ1n) is 7.38. The van der Waals surface area contributed by atoms with Crippen LogP contribution in [0.1, 0.15) is 11.1 Å². The SMILES string of the molecule is N[C@@H](Cc1ccc(O)cc1)C(=O)N/N=C/c1ccc2c(c1)OCO2. The van der Waals surface area contributed by atoms with Gasteiger partial charge < -0.3 is 20.3 Å². The minimum Gasteiger partial charge on any atom is -0.508 e. The monoisotopic (exact) mass is 327 g/mol. The maximum absolute atomic E-state index is 11.9. The van der Waals surface area contributed by atoms with Crippen molar-refractivity contribution in [1.82, 2.24) is 5.43 Å². The lowest BCUT2D eigenvalue weighted by Gasteiger charge is -2.09. The van der Waals surface area contributed by atoms with Gasteiger partial charge in [0.1, 0.15) is 5.75 Å². The molecule has 0 saturated heterocycles. The van der Waals surface area contributed by atoms with Crippen molar-refractivity contribution in [2.24, 2.45) is 10.8 Å². The van der Waals surface area contributed by atoms with Crippen molar-refractivity contribution in [3.8, 4) is 17.2 Å². The molecule has 0 aromatic heterocycles. The zero-order valence-corrected chi connectivity index (χ0v) is 12.8. The fourth-order valence-corrected chi connectivity index (χ4v) is 2.23. The molecule has 7 heteroatoms. The second-order valence-electron chi connectivity index (χ2n) is 5.32. The van der Waals surface area contributed by atoms with Crippen LogP contribution < -0.4 is 20.6 Å². The number of carbonyl (C=O) groups excluding carboxylic acids is 1. The fourth-order valence-electron chi connectivity index (χ4n) is 2.23. The summed E-state index contributed by atoms with van der Waals surface area (Å²) in [6.07, 6.45) is 1.86. The highest BCUT2D eigenvalue weighted by atomic mass is 16.7. The van der Waals surface area contributed by atoms with Crippen molar-refractivity contribution >= 4 is 12.1 Å². The lowest BCUT2D eigenvalue weighted by Crippen LogP contribution is -2.39. The Balaban J connectivity index is 1.53. The molecular formula is C17H17N3O4. The van der Waals surface area contributed by atoms with E-state index >= 15 is 0 Å². The van der Waals surface area contributed by atoms with E-state index in [2.05, 4.69) is 10.5 Å². The number of hydrazone groups is 1. The molecule has 2 aromatic rings. The van der Waals surface area contributed by atoms with Crippen molar-refractivity contribution in [3.05, 3.63) is 53.6 Å². The molecule has 1 aliphatic heterocycles. The number of carbonyl (C=O) groups is 1. The highest BCUT2D eigenvalue weighted by molar-refractivity contribution is 5.85. The maximum Gasteiger partial charge on any atom is 0.257 e. The van der Waals surface area contributed by atoms with E-state index in [-0.39, 0.29) is 18.4 Å². The number of hydrogen-bond donors (Lipinski definition) is 3. The molecule has 2 aromatic carbocycles. The van der Waals surface area contributed by atoms with Gasteiger partial charge in [-0.05, 0) is 47.9 Å². The van der Waals surface area contributed by atoms with Crippen LogP contribution in [-0.4, -0.2) is 30.1 Å². The van der Waals surface area contributed by atoms with E-state index in [4.69, 9.17) is 15.2 Å². The normalized spacial score (nSPS) is 13.9. The summed E-state index contributed by atoms with van der Waals surface area (Å²) in [5, 5.41) is 13.1. The van der Waals surface area contributed by atoms with Crippen molar-refractivity contribution in [3.63, 3.8) is 0 Å². The van der Waals surface area contributed by atoms with E-state index in [0.29, 0.717) is 17.9 Å². The van der Waals surface area contributed by atoms with Crippen molar-refractivity contribution in [1.29, 1.82) is 0 Å². The van der Waals surface area contributed by atoms with Crippen molar-refractivity contribution < 1.29 is 19.4 Å². The second kappa shape index (κ2) is 7.01. The Kier molecular flexibility index (Phi) is 4.62. The number of fused-ring (bicyclic) bond motifs is 1. The molecule has 1 amide bonds. The number of hydrogen-bond acceptors (Lipinski definition) is 6. The van der Waals surface area contributed by atoms with Gasteiger partial charge in [0.15, 0.2) is 11.5 Å². The second-order valence-corrected chi connectivity index (χ2v) is 5.32. The van der Waals surface area contributed by atoms with Gasteiger partial charge in [0.25, 0.3) is 5.91 Å². The van der Waals surface area contributed by atoms with E-state index < -0.39 is 6.04 Å². The fraction of sp³-hybridized carbons (Fsp3) is 0.176. The summed E-state index contributed by atoms with van der Waals surface area (Å²) in [5.74, 6) is 1.12. The van der Waals surface area contributed by atoms with Crippen LogP contribution in [0.5, 0.6) is 17.2 Å². The molecule has 1 atom stereocenters. The van der Waals surface area contributed by atoms with Crippen LogP contribution in [0.15, 0.2) is 47.6 Å². The average molecular weight is 327 g/mol. The number of phenols is 1. The van der Waals surface area contributed by atoms with Gasteiger partial charge >= 0.3 is 0 Å². The van der Waals surface area contributed by atoms with Gasteiger partial charge in [-0.2, -0.15) is 5.10 Å². The molecule has 7 nitrogen and oxygen atoms in total. The molecule has 0 unspecified atom stereocenters. The molecule has 0 fully saturated rings. The molecule has 1 heterocycles. The van der Waals surface area contributed by atoms with Crippen LogP contribution in [0.4, 0.5) is 0 Å². The molecule has 24 heavy (non-hydrogen) atoms. The van der Waals surface area contributed by atoms with Gasteiger partial charge in [0.05, 0.1) is 12.3 Å². The zero-order valence-electron chi connectivity index (χ0n) is 12.8. The Morgan fingerprint density at radius 2 is 2.00 bits per heavy atom. The maximum atomic E-state index is 11.9. The Labute approximate surface area is 138 Å². The summed E-state index contributed by atoms with van der Waals surface area (Å²) < 4.78 is 10.5. The molecule has 0 aliphatic carbocycles. The largest absolute Gasteiger partial charge is 0.508 e. The quantitative estimate of drug-likeness (QED) is 0.564. The van der Waals surface area contributed by atoms with Gasteiger partial charge in [0.2, 0.25) is 6.79 Å². The third-order valence-electron chi connectivity index (χ3n) is 3.51. The minimum atomic E-state index is -0.733.